The minimum Gasteiger partial charge on any atom is -0.352 e. The highest BCUT2D eigenvalue weighted by molar-refractivity contribution is 7.18. The molecule has 0 aromatic carbocycles. The summed E-state index contributed by atoms with van der Waals surface area (Å²) >= 11 is 1.62. The number of nitrogens with zero attached hydrogens (tertiary/aromatic N) is 2. The van der Waals surface area contributed by atoms with Gasteiger partial charge < -0.3 is 5.32 Å². The molecular weight excluding hydrogens is 274 g/mol. The Bertz CT molecular complexity index is 758. The minimum absolute atomic E-state index is 0.0691. The average molecular weight is 289 g/mol. The summed E-state index contributed by atoms with van der Waals surface area (Å²) in [7, 11) is 0. The van der Waals surface area contributed by atoms with Gasteiger partial charge in [0.25, 0.3) is 5.56 Å². The molecule has 0 radical (unpaired) electrons. The van der Waals surface area contributed by atoms with Gasteiger partial charge in [-0.2, -0.15) is 0 Å². The first kappa shape index (κ1) is 12.1. The zero-order valence-electron chi connectivity index (χ0n) is 11.0. The number of thiophene rings is 1. The molecule has 1 amide bonds. The summed E-state index contributed by atoms with van der Waals surface area (Å²) in [6, 6.07) is 0.320. The number of aromatic nitrogens is 2. The highest BCUT2D eigenvalue weighted by Crippen LogP contribution is 2.34. The number of hydrogen-bond acceptors (Lipinski definition) is 4. The van der Waals surface area contributed by atoms with Crippen molar-refractivity contribution in [2.45, 2.75) is 44.7 Å². The second-order valence-electron chi connectivity index (χ2n) is 5.56. The van der Waals surface area contributed by atoms with Crippen molar-refractivity contribution in [2.24, 2.45) is 0 Å². The van der Waals surface area contributed by atoms with Crippen LogP contribution in [0.5, 0.6) is 0 Å². The Labute approximate surface area is 119 Å². The second kappa shape index (κ2) is 4.41. The molecule has 5 nitrogen and oxygen atoms in total. The van der Waals surface area contributed by atoms with Crippen LogP contribution >= 0.6 is 11.3 Å². The van der Waals surface area contributed by atoms with Gasteiger partial charge >= 0.3 is 0 Å². The average Bonchev–Trinajstić information content (AvgIpc) is 2.98. The molecule has 2 aliphatic rings. The lowest BCUT2D eigenvalue weighted by atomic mass is 10.2. The van der Waals surface area contributed by atoms with Crippen LogP contribution in [-0.2, 0) is 24.2 Å². The molecule has 1 saturated carbocycles. The normalized spacial score (nSPS) is 17.4. The fraction of sp³-hybridized carbons (Fsp3) is 0.500. The number of amides is 1. The standard InChI is InChI=1S/C14H15N3O2S/c18-11(16-8-4-5-8)6-17-7-15-13-12(14(17)19)9-2-1-3-10(9)20-13/h7-8H,1-6H2,(H,16,18). The van der Waals surface area contributed by atoms with Crippen LogP contribution in [0.2, 0.25) is 0 Å². The minimum atomic E-state index is -0.0948. The smallest absolute Gasteiger partial charge is 0.262 e. The predicted octanol–water partition coefficient (Wildman–Crippen LogP) is 1.23. The first-order valence-corrected chi connectivity index (χ1v) is 7.83. The van der Waals surface area contributed by atoms with E-state index in [9.17, 15) is 9.59 Å². The Hall–Kier alpha value is -1.69. The predicted molar refractivity (Wildman–Crippen MR) is 77.1 cm³/mol. The maximum absolute atomic E-state index is 12.5. The van der Waals surface area contributed by atoms with Crippen molar-refractivity contribution in [2.75, 3.05) is 0 Å². The highest BCUT2D eigenvalue weighted by Gasteiger charge is 2.24. The van der Waals surface area contributed by atoms with Gasteiger partial charge in [-0.1, -0.05) is 0 Å². The molecule has 0 bridgehead atoms. The Morgan fingerprint density at radius 2 is 2.30 bits per heavy atom. The second-order valence-corrected chi connectivity index (χ2v) is 6.64. The number of nitrogens with one attached hydrogen (secondary N) is 1. The maximum atomic E-state index is 12.5. The number of aryl methyl sites for hydroxylation is 2. The van der Waals surface area contributed by atoms with Crippen molar-refractivity contribution < 1.29 is 4.79 Å². The fourth-order valence-electron chi connectivity index (χ4n) is 2.79. The molecule has 20 heavy (non-hydrogen) atoms. The van der Waals surface area contributed by atoms with Gasteiger partial charge in [-0.3, -0.25) is 14.2 Å². The van der Waals surface area contributed by atoms with Crippen molar-refractivity contribution in [3.63, 3.8) is 0 Å². The van der Waals surface area contributed by atoms with E-state index in [4.69, 9.17) is 0 Å². The van der Waals surface area contributed by atoms with Gasteiger partial charge in [0.2, 0.25) is 5.91 Å². The van der Waals surface area contributed by atoms with E-state index in [1.54, 1.807) is 11.3 Å². The van der Waals surface area contributed by atoms with E-state index in [2.05, 4.69) is 10.3 Å². The van der Waals surface area contributed by atoms with Crippen LogP contribution < -0.4 is 10.9 Å². The highest BCUT2D eigenvalue weighted by atomic mass is 32.1. The van der Waals surface area contributed by atoms with Gasteiger partial charge in [0.1, 0.15) is 11.4 Å². The summed E-state index contributed by atoms with van der Waals surface area (Å²) in [4.78, 5) is 30.8. The fourth-order valence-corrected chi connectivity index (χ4v) is 4.01. The van der Waals surface area contributed by atoms with Crippen molar-refractivity contribution in [3.05, 3.63) is 27.1 Å². The van der Waals surface area contributed by atoms with Crippen LogP contribution in [0, 0.1) is 0 Å². The lowest BCUT2D eigenvalue weighted by Gasteiger charge is -2.06. The third-order valence-electron chi connectivity index (χ3n) is 3.95. The van der Waals surface area contributed by atoms with Crippen LogP contribution in [0.4, 0.5) is 0 Å². The van der Waals surface area contributed by atoms with Gasteiger partial charge in [-0.05, 0) is 37.7 Å². The Balaban J connectivity index is 1.71. The van der Waals surface area contributed by atoms with Crippen molar-refractivity contribution >= 4 is 27.5 Å². The van der Waals surface area contributed by atoms with E-state index in [0.717, 1.165) is 42.3 Å². The summed E-state index contributed by atoms with van der Waals surface area (Å²) in [6.45, 7) is 0.0723. The first-order valence-electron chi connectivity index (χ1n) is 7.01. The monoisotopic (exact) mass is 289 g/mol. The first-order chi connectivity index (χ1) is 9.72. The van der Waals surface area contributed by atoms with Crippen LogP contribution in [0.15, 0.2) is 11.1 Å². The van der Waals surface area contributed by atoms with E-state index in [-0.39, 0.29) is 18.0 Å². The van der Waals surface area contributed by atoms with E-state index in [1.165, 1.54) is 21.3 Å². The molecular formula is C14H15N3O2S. The van der Waals surface area contributed by atoms with Crippen LogP contribution in [0.1, 0.15) is 29.7 Å². The molecule has 104 valence electrons. The third kappa shape index (κ3) is 1.95. The molecule has 0 unspecified atom stereocenters. The van der Waals surface area contributed by atoms with Gasteiger partial charge in [0.05, 0.1) is 11.7 Å². The van der Waals surface area contributed by atoms with Gasteiger partial charge in [0.15, 0.2) is 0 Å². The third-order valence-corrected chi connectivity index (χ3v) is 5.15. The quantitative estimate of drug-likeness (QED) is 0.924. The van der Waals surface area contributed by atoms with Crippen molar-refractivity contribution in [3.8, 4) is 0 Å². The largest absolute Gasteiger partial charge is 0.352 e. The summed E-state index contributed by atoms with van der Waals surface area (Å²) in [6.07, 6.45) is 6.74. The van der Waals surface area contributed by atoms with Gasteiger partial charge in [-0.15, -0.1) is 11.3 Å². The summed E-state index contributed by atoms with van der Waals surface area (Å²) < 4.78 is 1.44. The van der Waals surface area contributed by atoms with Gasteiger partial charge in [0, 0.05) is 10.9 Å². The molecule has 6 heteroatoms. The number of hydrogen-bond donors (Lipinski definition) is 1. The molecule has 0 spiro atoms. The number of fused-ring (bicyclic) bond motifs is 3. The summed E-state index contributed by atoms with van der Waals surface area (Å²) in [5.74, 6) is -0.0948. The van der Waals surface area contributed by atoms with Crippen LogP contribution in [-0.4, -0.2) is 21.5 Å². The summed E-state index contributed by atoms with van der Waals surface area (Å²) in [5.41, 5.74) is 1.10. The van der Waals surface area contributed by atoms with Crippen molar-refractivity contribution in [1.82, 2.24) is 14.9 Å². The number of carbonyl (C=O) groups excluding carboxylic acids is 1. The molecule has 1 N–H and O–H groups in total. The number of rotatable bonds is 3. The van der Waals surface area contributed by atoms with Gasteiger partial charge in [-0.25, -0.2) is 4.98 Å². The topological polar surface area (TPSA) is 64.0 Å². The molecule has 4 rings (SSSR count). The molecule has 1 fully saturated rings. The lowest BCUT2D eigenvalue weighted by Crippen LogP contribution is -2.33. The molecule has 2 aromatic heterocycles. The molecule has 2 aromatic rings. The van der Waals surface area contributed by atoms with Crippen molar-refractivity contribution in [1.29, 1.82) is 0 Å². The Morgan fingerprint density at radius 3 is 3.10 bits per heavy atom. The van der Waals surface area contributed by atoms with E-state index >= 15 is 0 Å². The van der Waals surface area contributed by atoms with E-state index in [0.29, 0.717) is 6.04 Å². The molecule has 0 saturated heterocycles. The zero-order valence-corrected chi connectivity index (χ0v) is 11.8. The molecule has 0 atom stereocenters. The zero-order chi connectivity index (χ0) is 13.7. The molecule has 0 aliphatic heterocycles. The SMILES string of the molecule is O=C(Cn1cnc2sc3c(c2c1=O)CCC3)NC1CC1. The Morgan fingerprint density at radius 1 is 1.45 bits per heavy atom. The van der Waals surface area contributed by atoms with Crippen LogP contribution in [0.3, 0.4) is 0 Å². The van der Waals surface area contributed by atoms with E-state index in [1.807, 2.05) is 0 Å². The maximum Gasteiger partial charge on any atom is 0.262 e. The lowest BCUT2D eigenvalue weighted by molar-refractivity contribution is -0.121. The Kier molecular flexibility index (Phi) is 2.66. The molecule has 2 aliphatic carbocycles. The number of carbonyl (C=O) groups is 1. The van der Waals surface area contributed by atoms with E-state index < -0.39 is 0 Å². The summed E-state index contributed by atoms with van der Waals surface area (Å²) in [5, 5.41) is 3.64. The molecule has 2 heterocycles. The van der Waals surface area contributed by atoms with Crippen LogP contribution in [0.25, 0.3) is 10.2 Å².